The van der Waals surface area contributed by atoms with Crippen molar-refractivity contribution in [2.24, 2.45) is 0 Å². The van der Waals surface area contributed by atoms with Crippen molar-refractivity contribution < 1.29 is 18.7 Å². The van der Waals surface area contributed by atoms with Crippen LogP contribution >= 0.6 is 0 Å². The van der Waals surface area contributed by atoms with Crippen molar-refractivity contribution >= 4 is 17.6 Å². The topological polar surface area (TPSA) is 99.0 Å². The van der Waals surface area contributed by atoms with Crippen LogP contribution in [-0.4, -0.2) is 38.2 Å². The Balaban J connectivity index is 1.67. The number of ether oxygens (including phenoxy) is 1. The van der Waals surface area contributed by atoms with Crippen molar-refractivity contribution in [1.82, 2.24) is 20.2 Å². The molecule has 0 unspecified atom stereocenters. The van der Waals surface area contributed by atoms with Crippen molar-refractivity contribution in [3.05, 3.63) is 71.8 Å². The molecule has 0 radical (unpaired) electrons. The first-order chi connectivity index (χ1) is 13.9. The normalized spacial score (nSPS) is 12.8. The molecule has 1 amide bonds. The van der Waals surface area contributed by atoms with Crippen LogP contribution in [0.5, 0.6) is 0 Å². The number of carbonyl (C=O) groups is 2. The van der Waals surface area contributed by atoms with Gasteiger partial charge in [-0.15, -0.1) is 5.10 Å². The van der Waals surface area contributed by atoms with Gasteiger partial charge in [0.15, 0.2) is 12.1 Å². The van der Waals surface area contributed by atoms with E-state index in [4.69, 9.17) is 4.74 Å². The summed E-state index contributed by atoms with van der Waals surface area (Å²) in [6.07, 6.45) is 0.512. The predicted molar refractivity (Wildman–Crippen MR) is 102 cm³/mol. The smallest absolute Gasteiger partial charge is 0.332 e. The first-order valence-corrected chi connectivity index (χ1v) is 8.98. The van der Waals surface area contributed by atoms with Crippen molar-refractivity contribution in [3.8, 4) is 0 Å². The van der Waals surface area contributed by atoms with Gasteiger partial charge in [0, 0.05) is 12.1 Å². The fourth-order valence-electron chi connectivity index (χ4n) is 2.65. The van der Waals surface area contributed by atoms with E-state index in [0.717, 1.165) is 5.56 Å². The summed E-state index contributed by atoms with van der Waals surface area (Å²) in [5.74, 6) is -1.66. The first kappa shape index (κ1) is 20.1. The maximum absolute atomic E-state index is 13.7. The maximum Gasteiger partial charge on any atom is 0.332 e. The molecule has 8 nitrogen and oxygen atoms in total. The average Bonchev–Trinajstić information content (AvgIpc) is 3.24. The lowest BCUT2D eigenvalue weighted by Gasteiger charge is -2.19. The van der Waals surface area contributed by atoms with Crippen LogP contribution in [0.25, 0.3) is 0 Å². The molecule has 1 aromatic heterocycles. The highest BCUT2D eigenvalue weighted by atomic mass is 19.1. The van der Waals surface area contributed by atoms with E-state index >= 15 is 0 Å². The van der Waals surface area contributed by atoms with Gasteiger partial charge in [-0.05, 0) is 47.5 Å². The maximum atomic E-state index is 13.7. The number of hydrogen-bond donors (Lipinski definition) is 1. The Kier molecular flexibility index (Phi) is 6.28. The van der Waals surface area contributed by atoms with Crippen LogP contribution in [0.15, 0.2) is 54.9 Å². The Morgan fingerprint density at radius 3 is 2.62 bits per heavy atom. The number of aryl methyl sites for hydroxylation is 1. The summed E-state index contributed by atoms with van der Waals surface area (Å²) in [5.41, 5.74) is 1.63. The Bertz CT molecular complexity index is 979. The van der Waals surface area contributed by atoms with E-state index in [2.05, 4.69) is 20.8 Å². The molecule has 29 heavy (non-hydrogen) atoms. The number of esters is 1. The molecule has 0 spiro atoms. The zero-order chi connectivity index (χ0) is 20.8. The zero-order valence-electron chi connectivity index (χ0n) is 15.9. The molecule has 0 aliphatic rings. The van der Waals surface area contributed by atoms with E-state index in [9.17, 15) is 14.0 Å². The Morgan fingerprint density at radius 1 is 1.21 bits per heavy atom. The van der Waals surface area contributed by atoms with Crippen LogP contribution in [0.4, 0.5) is 10.1 Å². The van der Waals surface area contributed by atoms with Crippen LogP contribution in [0.3, 0.4) is 0 Å². The second-order valence-electron chi connectivity index (χ2n) is 6.53. The quantitative estimate of drug-likeness (QED) is 0.615. The lowest BCUT2D eigenvalue weighted by atomic mass is 10.1. The molecule has 9 heteroatoms. The molecule has 2 aromatic carbocycles. The summed E-state index contributed by atoms with van der Waals surface area (Å²) >= 11 is 0. The minimum atomic E-state index is -1.10. The monoisotopic (exact) mass is 397 g/mol. The molecular weight excluding hydrogens is 377 g/mol. The van der Waals surface area contributed by atoms with Crippen molar-refractivity contribution in [2.75, 3.05) is 5.32 Å². The summed E-state index contributed by atoms with van der Waals surface area (Å²) in [4.78, 5) is 25.1. The van der Waals surface area contributed by atoms with Gasteiger partial charge in [-0.25, -0.2) is 13.9 Å². The van der Waals surface area contributed by atoms with Gasteiger partial charge in [-0.3, -0.25) is 4.79 Å². The van der Waals surface area contributed by atoms with Gasteiger partial charge >= 0.3 is 5.97 Å². The molecule has 1 N–H and O–H groups in total. The molecule has 0 aliphatic carbocycles. The second kappa shape index (κ2) is 9.05. The molecule has 0 aliphatic heterocycles. The number of rotatable bonds is 7. The van der Waals surface area contributed by atoms with E-state index in [1.807, 2.05) is 30.3 Å². The summed E-state index contributed by atoms with van der Waals surface area (Å²) in [7, 11) is 0. The van der Waals surface area contributed by atoms with E-state index in [1.165, 1.54) is 24.0 Å². The number of benzene rings is 2. The van der Waals surface area contributed by atoms with Crippen molar-refractivity contribution in [1.29, 1.82) is 0 Å². The lowest BCUT2D eigenvalue weighted by molar-refractivity contribution is -0.156. The van der Waals surface area contributed by atoms with Crippen LogP contribution < -0.4 is 5.32 Å². The Morgan fingerprint density at radius 2 is 1.97 bits per heavy atom. The van der Waals surface area contributed by atoms with Crippen LogP contribution in [-0.2, 0) is 20.7 Å². The van der Waals surface area contributed by atoms with Gasteiger partial charge in [0.2, 0.25) is 0 Å². The largest absolute Gasteiger partial charge is 0.451 e. The number of nitrogens with zero attached hydrogens (tertiary/aromatic N) is 4. The SMILES string of the molecule is Cc1ccc(NC(=O)[C@@H](C)OC(=O)[C@H](Cc2ccccc2)n2cnnn2)cc1F. The molecule has 0 saturated heterocycles. The molecule has 2 atom stereocenters. The summed E-state index contributed by atoms with van der Waals surface area (Å²) in [5, 5.41) is 13.4. The van der Waals surface area contributed by atoms with Gasteiger partial charge in [0.05, 0.1) is 0 Å². The highest BCUT2D eigenvalue weighted by Gasteiger charge is 2.28. The second-order valence-corrected chi connectivity index (χ2v) is 6.53. The van der Waals surface area contributed by atoms with E-state index in [0.29, 0.717) is 12.0 Å². The highest BCUT2D eigenvalue weighted by molar-refractivity contribution is 5.95. The fraction of sp³-hybridized carbons (Fsp3) is 0.250. The van der Waals surface area contributed by atoms with Gasteiger partial charge in [0.25, 0.3) is 5.91 Å². The molecule has 0 saturated carbocycles. The van der Waals surface area contributed by atoms with E-state index in [1.54, 1.807) is 19.1 Å². The molecule has 0 bridgehead atoms. The standard InChI is InChI=1S/C20H20FN5O3/c1-13-8-9-16(11-17(13)21)23-19(27)14(2)29-20(28)18(26-12-22-24-25-26)10-15-6-4-3-5-7-15/h3-9,11-12,14,18H,10H2,1-2H3,(H,23,27)/t14-,18+/m1/s1. The molecule has 3 rings (SSSR count). The van der Waals surface area contributed by atoms with Gasteiger partial charge in [0.1, 0.15) is 12.1 Å². The van der Waals surface area contributed by atoms with E-state index in [-0.39, 0.29) is 5.69 Å². The molecular formula is C20H20FN5O3. The van der Waals surface area contributed by atoms with Crippen LogP contribution in [0, 0.1) is 12.7 Å². The number of aromatic nitrogens is 4. The average molecular weight is 397 g/mol. The summed E-state index contributed by atoms with van der Waals surface area (Å²) in [6.45, 7) is 3.06. The third-order valence-corrected chi connectivity index (χ3v) is 4.33. The summed E-state index contributed by atoms with van der Waals surface area (Å²) < 4.78 is 20.3. The predicted octanol–water partition coefficient (Wildman–Crippen LogP) is 2.47. The Labute approximate surface area is 166 Å². The fourth-order valence-corrected chi connectivity index (χ4v) is 2.65. The van der Waals surface area contributed by atoms with Gasteiger partial charge < -0.3 is 10.1 Å². The minimum absolute atomic E-state index is 0.280. The Hall–Kier alpha value is -3.62. The molecule has 0 fully saturated rings. The third kappa shape index (κ3) is 5.22. The van der Waals surface area contributed by atoms with Crippen molar-refractivity contribution in [2.45, 2.75) is 32.4 Å². The van der Waals surface area contributed by atoms with Gasteiger partial charge in [-0.2, -0.15) is 0 Å². The molecule has 150 valence electrons. The van der Waals surface area contributed by atoms with Crippen LogP contribution in [0.1, 0.15) is 24.1 Å². The van der Waals surface area contributed by atoms with Gasteiger partial charge in [-0.1, -0.05) is 36.4 Å². The van der Waals surface area contributed by atoms with Crippen LogP contribution in [0.2, 0.25) is 0 Å². The molecule has 1 heterocycles. The number of amides is 1. The number of nitrogens with one attached hydrogen (secondary N) is 1. The third-order valence-electron chi connectivity index (χ3n) is 4.33. The zero-order valence-corrected chi connectivity index (χ0v) is 15.9. The number of carbonyl (C=O) groups excluding carboxylic acids is 2. The minimum Gasteiger partial charge on any atom is -0.451 e. The van der Waals surface area contributed by atoms with Crippen molar-refractivity contribution in [3.63, 3.8) is 0 Å². The number of halogens is 1. The number of hydrogen-bond acceptors (Lipinski definition) is 6. The number of tetrazole rings is 1. The lowest BCUT2D eigenvalue weighted by Crippen LogP contribution is -2.34. The summed E-state index contributed by atoms with van der Waals surface area (Å²) in [6, 6.07) is 12.8. The highest BCUT2D eigenvalue weighted by Crippen LogP contribution is 2.17. The molecule has 3 aromatic rings. The first-order valence-electron chi connectivity index (χ1n) is 8.98. The number of anilines is 1. The van der Waals surface area contributed by atoms with E-state index < -0.39 is 29.8 Å².